The predicted octanol–water partition coefficient (Wildman–Crippen LogP) is 2.69. The number of hydrogen-bond donors (Lipinski definition) is 1. The minimum atomic E-state index is 0.255. The van der Waals surface area contributed by atoms with Crippen molar-refractivity contribution in [1.82, 2.24) is 5.32 Å². The van der Waals surface area contributed by atoms with Gasteiger partial charge in [-0.1, -0.05) is 13.0 Å². The van der Waals surface area contributed by atoms with E-state index in [1.54, 1.807) is 14.2 Å². The van der Waals surface area contributed by atoms with Crippen LogP contribution in [-0.2, 0) is 4.74 Å². The predicted molar refractivity (Wildman–Crippen MR) is 70.6 cm³/mol. The van der Waals surface area contributed by atoms with Crippen molar-refractivity contribution in [2.24, 2.45) is 0 Å². The van der Waals surface area contributed by atoms with Crippen molar-refractivity contribution in [3.63, 3.8) is 0 Å². The molecule has 3 nitrogen and oxygen atoms in total. The molecule has 0 aliphatic heterocycles. The van der Waals surface area contributed by atoms with Gasteiger partial charge in [0.05, 0.1) is 19.8 Å². The Morgan fingerprint density at radius 3 is 2.59 bits per heavy atom. The van der Waals surface area contributed by atoms with Gasteiger partial charge in [-0.05, 0) is 43.1 Å². The van der Waals surface area contributed by atoms with Gasteiger partial charge in [0.25, 0.3) is 0 Å². The number of methoxy groups -OCH3 is 2. The van der Waals surface area contributed by atoms with Crippen LogP contribution in [0, 0.1) is 6.92 Å². The Morgan fingerprint density at radius 2 is 2.06 bits per heavy atom. The number of benzene rings is 1. The Hall–Kier alpha value is -1.06. The zero-order valence-corrected chi connectivity index (χ0v) is 11.2. The first-order valence-corrected chi connectivity index (χ1v) is 6.09. The van der Waals surface area contributed by atoms with Gasteiger partial charge in [0.15, 0.2) is 0 Å². The summed E-state index contributed by atoms with van der Waals surface area (Å²) in [6.07, 6.45) is 1.12. The summed E-state index contributed by atoms with van der Waals surface area (Å²) in [4.78, 5) is 0. The first-order valence-electron chi connectivity index (χ1n) is 6.09. The number of nitrogens with one attached hydrogen (secondary N) is 1. The number of rotatable bonds is 7. The fourth-order valence-corrected chi connectivity index (χ4v) is 1.91. The number of ether oxygens (including phenoxy) is 2. The Labute approximate surface area is 104 Å². The molecule has 0 aliphatic carbocycles. The highest BCUT2D eigenvalue weighted by Gasteiger charge is 2.13. The lowest BCUT2D eigenvalue weighted by atomic mass is 10.0. The SMILES string of the molecule is CCCNC(COC)c1ccc(OC)cc1C. The van der Waals surface area contributed by atoms with E-state index in [-0.39, 0.29) is 6.04 Å². The summed E-state index contributed by atoms with van der Waals surface area (Å²) in [6.45, 7) is 5.96. The van der Waals surface area contributed by atoms with Gasteiger partial charge >= 0.3 is 0 Å². The van der Waals surface area contributed by atoms with Crippen LogP contribution in [0.5, 0.6) is 5.75 Å². The van der Waals surface area contributed by atoms with E-state index in [0.29, 0.717) is 6.61 Å². The Morgan fingerprint density at radius 1 is 1.29 bits per heavy atom. The van der Waals surface area contributed by atoms with Gasteiger partial charge in [0.1, 0.15) is 5.75 Å². The van der Waals surface area contributed by atoms with Gasteiger partial charge in [-0.3, -0.25) is 0 Å². The van der Waals surface area contributed by atoms with Crippen LogP contribution in [0.15, 0.2) is 18.2 Å². The van der Waals surface area contributed by atoms with Gasteiger partial charge < -0.3 is 14.8 Å². The molecule has 0 radical (unpaired) electrons. The van der Waals surface area contributed by atoms with Crippen LogP contribution in [-0.4, -0.2) is 27.4 Å². The smallest absolute Gasteiger partial charge is 0.119 e. The van der Waals surface area contributed by atoms with E-state index in [2.05, 4.69) is 31.3 Å². The number of hydrogen-bond acceptors (Lipinski definition) is 3. The quantitative estimate of drug-likeness (QED) is 0.791. The van der Waals surface area contributed by atoms with Crippen molar-refractivity contribution >= 4 is 0 Å². The van der Waals surface area contributed by atoms with Crippen LogP contribution in [0.25, 0.3) is 0 Å². The minimum Gasteiger partial charge on any atom is -0.497 e. The Balaban J connectivity index is 2.85. The molecule has 0 heterocycles. The number of aryl methyl sites for hydroxylation is 1. The highest BCUT2D eigenvalue weighted by atomic mass is 16.5. The van der Waals surface area contributed by atoms with E-state index in [1.807, 2.05) is 6.07 Å². The maximum absolute atomic E-state index is 5.27. The molecule has 0 aromatic heterocycles. The summed E-state index contributed by atoms with van der Waals surface area (Å²) in [7, 11) is 3.43. The summed E-state index contributed by atoms with van der Waals surface area (Å²) in [5, 5.41) is 3.50. The average Bonchev–Trinajstić information content (AvgIpc) is 2.34. The van der Waals surface area contributed by atoms with Gasteiger partial charge in [0, 0.05) is 7.11 Å². The van der Waals surface area contributed by atoms with E-state index >= 15 is 0 Å². The molecule has 0 amide bonds. The Kier molecular flexibility index (Phi) is 6.01. The van der Waals surface area contributed by atoms with Gasteiger partial charge in [-0.25, -0.2) is 0 Å². The monoisotopic (exact) mass is 237 g/mol. The first-order chi connectivity index (χ1) is 8.22. The van der Waals surface area contributed by atoms with Gasteiger partial charge in [0.2, 0.25) is 0 Å². The second-order valence-electron chi connectivity index (χ2n) is 4.18. The van der Waals surface area contributed by atoms with E-state index in [0.717, 1.165) is 18.7 Å². The summed E-state index contributed by atoms with van der Waals surface area (Å²) in [5.74, 6) is 0.901. The van der Waals surface area contributed by atoms with E-state index in [1.165, 1.54) is 11.1 Å². The first kappa shape index (κ1) is 14.0. The third kappa shape index (κ3) is 4.02. The third-order valence-electron chi connectivity index (χ3n) is 2.83. The molecule has 0 saturated heterocycles. The topological polar surface area (TPSA) is 30.5 Å². The molecule has 0 saturated carbocycles. The lowest BCUT2D eigenvalue weighted by Crippen LogP contribution is -2.26. The molecule has 1 atom stereocenters. The third-order valence-corrected chi connectivity index (χ3v) is 2.83. The lowest BCUT2D eigenvalue weighted by molar-refractivity contribution is 0.167. The highest BCUT2D eigenvalue weighted by Crippen LogP contribution is 2.22. The van der Waals surface area contributed by atoms with Gasteiger partial charge in [-0.2, -0.15) is 0 Å². The molecule has 1 rings (SSSR count). The molecular weight excluding hydrogens is 214 g/mol. The van der Waals surface area contributed by atoms with E-state index < -0.39 is 0 Å². The maximum Gasteiger partial charge on any atom is 0.119 e. The summed E-state index contributed by atoms with van der Waals surface area (Å²) >= 11 is 0. The van der Waals surface area contributed by atoms with Crippen molar-refractivity contribution in [1.29, 1.82) is 0 Å². The van der Waals surface area contributed by atoms with E-state index in [4.69, 9.17) is 9.47 Å². The van der Waals surface area contributed by atoms with Crippen molar-refractivity contribution in [3.8, 4) is 5.75 Å². The zero-order chi connectivity index (χ0) is 12.7. The molecular formula is C14H23NO2. The largest absolute Gasteiger partial charge is 0.497 e. The molecule has 0 aliphatic rings. The van der Waals surface area contributed by atoms with Crippen molar-refractivity contribution in [3.05, 3.63) is 29.3 Å². The van der Waals surface area contributed by atoms with Gasteiger partial charge in [-0.15, -0.1) is 0 Å². The van der Waals surface area contributed by atoms with Crippen LogP contribution in [0.1, 0.15) is 30.5 Å². The van der Waals surface area contributed by atoms with Crippen molar-refractivity contribution in [2.45, 2.75) is 26.3 Å². The van der Waals surface area contributed by atoms with Crippen molar-refractivity contribution < 1.29 is 9.47 Å². The standard InChI is InChI=1S/C14H23NO2/c1-5-8-15-14(10-16-3)13-7-6-12(17-4)9-11(13)2/h6-7,9,14-15H,5,8,10H2,1-4H3. The summed E-state index contributed by atoms with van der Waals surface area (Å²) < 4.78 is 10.5. The van der Waals surface area contributed by atoms with Crippen LogP contribution in [0.3, 0.4) is 0 Å². The fraction of sp³-hybridized carbons (Fsp3) is 0.571. The van der Waals surface area contributed by atoms with Crippen LogP contribution in [0.4, 0.5) is 0 Å². The molecule has 1 aromatic carbocycles. The molecule has 0 bridgehead atoms. The summed E-state index contributed by atoms with van der Waals surface area (Å²) in [5.41, 5.74) is 2.51. The average molecular weight is 237 g/mol. The Bertz CT molecular complexity index is 339. The van der Waals surface area contributed by atoms with Crippen LogP contribution in [0.2, 0.25) is 0 Å². The second-order valence-corrected chi connectivity index (χ2v) is 4.18. The van der Waals surface area contributed by atoms with Crippen LogP contribution < -0.4 is 10.1 Å². The van der Waals surface area contributed by atoms with Crippen molar-refractivity contribution in [2.75, 3.05) is 27.4 Å². The second kappa shape index (κ2) is 7.30. The fourth-order valence-electron chi connectivity index (χ4n) is 1.91. The molecule has 0 fully saturated rings. The molecule has 1 unspecified atom stereocenters. The molecule has 96 valence electrons. The molecule has 17 heavy (non-hydrogen) atoms. The maximum atomic E-state index is 5.27. The zero-order valence-electron chi connectivity index (χ0n) is 11.2. The lowest BCUT2D eigenvalue weighted by Gasteiger charge is -2.20. The molecule has 1 aromatic rings. The molecule has 1 N–H and O–H groups in total. The minimum absolute atomic E-state index is 0.255. The molecule has 0 spiro atoms. The van der Waals surface area contributed by atoms with Crippen LogP contribution >= 0.6 is 0 Å². The van der Waals surface area contributed by atoms with E-state index in [9.17, 15) is 0 Å². The molecule has 3 heteroatoms. The normalized spacial score (nSPS) is 12.5. The summed E-state index contributed by atoms with van der Waals surface area (Å²) in [6, 6.07) is 6.43. The highest BCUT2D eigenvalue weighted by molar-refractivity contribution is 5.36.